The topological polar surface area (TPSA) is 61.8 Å². The van der Waals surface area contributed by atoms with Crippen LogP contribution in [0.2, 0.25) is 0 Å². The van der Waals surface area contributed by atoms with Crippen molar-refractivity contribution in [2.45, 2.75) is 77.4 Å². The minimum atomic E-state index is -0.477. The molecule has 2 saturated carbocycles. The molecule has 4 fully saturated rings. The largest absolute Gasteiger partial charge is 0.462 e. The van der Waals surface area contributed by atoms with Crippen molar-refractivity contribution in [2.24, 2.45) is 17.3 Å². The standard InChI is InChI=1S/C18H28O5/c1-4-5-17(2,3)16(20)21-11-22-18-8-12-6-13(9-18)15(19)23-14(7-12)10-18/h12-14H,4-11H2,1-3H3. The predicted molar refractivity (Wildman–Crippen MR) is 83.4 cm³/mol. The fourth-order valence-corrected chi connectivity index (χ4v) is 4.68. The van der Waals surface area contributed by atoms with Gasteiger partial charge in [0, 0.05) is 6.42 Å². The molecule has 0 amide bonds. The molecule has 5 nitrogen and oxygen atoms in total. The summed E-state index contributed by atoms with van der Waals surface area (Å²) in [5.74, 6) is 0.164. The highest BCUT2D eigenvalue weighted by atomic mass is 16.7. The van der Waals surface area contributed by atoms with Crippen LogP contribution in [0.1, 0.15) is 65.7 Å². The van der Waals surface area contributed by atoms with Crippen molar-refractivity contribution in [3.8, 4) is 0 Å². The van der Waals surface area contributed by atoms with Crippen LogP contribution in [0.4, 0.5) is 0 Å². The van der Waals surface area contributed by atoms with Crippen LogP contribution in [0, 0.1) is 17.3 Å². The number of hydrogen-bond acceptors (Lipinski definition) is 5. The number of esters is 2. The van der Waals surface area contributed by atoms with E-state index in [1.807, 2.05) is 13.8 Å². The molecule has 4 aliphatic rings. The van der Waals surface area contributed by atoms with Crippen molar-refractivity contribution in [3.05, 3.63) is 0 Å². The summed E-state index contributed by atoms with van der Waals surface area (Å²) in [7, 11) is 0. The normalized spacial score (nSPS) is 35.8. The zero-order valence-corrected chi connectivity index (χ0v) is 14.4. The molecule has 2 heterocycles. The molecule has 4 atom stereocenters. The Kier molecular flexibility index (Phi) is 4.43. The van der Waals surface area contributed by atoms with Crippen LogP contribution in [0.25, 0.3) is 0 Å². The van der Waals surface area contributed by atoms with Gasteiger partial charge >= 0.3 is 11.9 Å². The Hall–Kier alpha value is -1.10. The van der Waals surface area contributed by atoms with Crippen LogP contribution >= 0.6 is 0 Å². The van der Waals surface area contributed by atoms with E-state index in [0.29, 0.717) is 12.3 Å². The summed E-state index contributed by atoms with van der Waals surface area (Å²) in [4.78, 5) is 24.2. The van der Waals surface area contributed by atoms with Crippen LogP contribution in [0.3, 0.4) is 0 Å². The van der Waals surface area contributed by atoms with Crippen molar-refractivity contribution < 1.29 is 23.8 Å². The predicted octanol–water partition coefficient (Wildman–Crippen LogP) is 3.20. The lowest BCUT2D eigenvalue weighted by molar-refractivity contribution is -0.199. The molecule has 23 heavy (non-hydrogen) atoms. The van der Waals surface area contributed by atoms with Gasteiger partial charge in [-0.2, -0.15) is 0 Å². The van der Waals surface area contributed by atoms with Crippen LogP contribution in [0.15, 0.2) is 0 Å². The van der Waals surface area contributed by atoms with Gasteiger partial charge in [0.15, 0.2) is 6.79 Å². The van der Waals surface area contributed by atoms with Gasteiger partial charge in [0.25, 0.3) is 0 Å². The minimum Gasteiger partial charge on any atom is -0.462 e. The molecule has 4 bridgehead atoms. The van der Waals surface area contributed by atoms with Gasteiger partial charge in [-0.05, 0) is 51.9 Å². The zero-order valence-electron chi connectivity index (χ0n) is 14.4. The van der Waals surface area contributed by atoms with Gasteiger partial charge in [0.2, 0.25) is 0 Å². The zero-order chi connectivity index (χ0) is 16.7. The summed E-state index contributed by atoms with van der Waals surface area (Å²) in [6, 6.07) is 0. The Morgan fingerprint density at radius 3 is 2.83 bits per heavy atom. The third-order valence-corrected chi connectivity index (χ3v) is 5.69. The molecular formula is C18H28O5. The van der Waals surface area contributed by atoms with Gasteiger partial charge in [-0.1, -0.05) is 13.3 Å². The molecule has 5 heteroatoms. The summed E-state index contributed by atoms with van der Waals surface area (Å²) in [5, 5.41) is 0. The lowest BCUT2D eigenvalue weighted by Crippen LogP contribution is -2.47. The van der Waals surface area contributed by atoms with Crippen molar-refractivity contribution in [3.63, 3.8) is 0 Å². The smallest absolute Gasteiger partial charge is 0.313 e. The number of carbonyl (C=O) groups excluding carboxylic acids is 2. The monoisotopic (exact) mass is 324 g/mol. The van der Waals surface area contributed by atoms with E-state index in [9.17, 15) is 9.59 Å². The van der Waals surface area contributed by atoms with Crippen LogP contribution < -0.4 is 0 Å². The van der Waals surface area contributed by atoms with E-state index in [4.69, 9.17) is 14.2 Å². The van der Waals surface area contributed by atoms with E-state index in [0.717, 1.165) is 38.5 Å². The van der Waals surface area contributed by atoms with Crippen molar-refractivity contribution in [2.75, 3.05) is 6.79 Å². The number of carbonyl (C=O) groups is 2. The third-order valence-electron chi connectivity index (χ3n) is 5.69. The molecule has 0 aromatic rings. The Morgan fingerprint density at radius 2 is 2.09 bits per heavy atom. The second-order valence-electron chi connectivity index (χ2n) is 8.22. The molecule has 0 aromatic heterocycles. The fourth-order valence-electron chi connectivity index (χ4n) is 4.68. The van der Waals surface area contributed by atoms with E-state index in [-0.39, 0.29) is 36.4 Å². The number of rotatable bonds is 6. The molecule has 0 spiro atoms. The third kappa shape index (κ3) is 3.39. The molecule has 4 rings (SSSR count). The average Bonchev–Trinajstić information content (AvgIpc) is 2.61. The molecule has 0 aromatic carbocycles. The first-order chi connectivity index (χ1) is 10.8. The van der Waals surface area contributed by atoms with Gasteiger partial charge in [0.05, 0.1) is 16.9 Å². The molecule has 4 unspecified atom stereocenters. The van der Waals surface area contributed by atoms with Gasteiger partial charge in [0.1, 0.15) is 6.10 Å². The highest BCUT2D eigenvalue weighted by Crippen LogP contribution is 2.51. The van der Waals surface area contributed by atoms with E-state index >= 15 is 0 Å². The molecular weight excluding hydrogens is 296 g/mol. The second kappa shape index (κ2) is 6.08. The minimum absolute atomic E-state index is 0.0215. The van der Waals surface area contributed by atoms with Gasteiger partial charge in [-0.15, -0.1) is 0 Å². The lowest BCUT2D eigenvalue weighted by atomic mass is 9.65. The first-order valence-electron chi connectivity index (χ1n) is 8.85. The Balaban J connectivity index is 1.58. The summed E-state index contributed by atoms with van der Waals surface area (Å²) < 4.78 is 17.0. The highest BCUT2D eigenvalue weighted by Gasteiger charge is 2.53. The van der Waals surface area contributed by atoms with Crippen LogP contribution in [-0.4, -0.2) is 30.4 Å². The SMILES string of the molecule is CCCC(C)(C)C(=O)OCOC12CC3CC(C1)OC(=O)C(C3)C2. The molecule has 0 N–H and O–H groups in total. The first kappa shape index (κ1) is 16.7. The first-order valence-corrected chi connectivity index (χ1v) is 8.85. The molecule has 2 aliphatic carbocycles. The quantitative estimate of drug-likeness (QED) is 0.554. The summed E-state index contributed by atoms with van der Waals surface area (Å²) in [6.07, 6.45) is 5.98. The number of hydrogen-bond donors (Lipinski definition) is 0. The molecule has 130 valence electrons. The number of fused-ring (bicyclic) bond motifs is 1. The average molecular weight is 324 g/mol. The van der Waals surface area contributed by atoms with Gasteiger partial charge in [-0.25, -0.2) is 0 Å². The Morgan fingerprint density at radius 1 is 1.30 bits per heavy atom. The van der Waals surface area contributed by atoms with E-state index in [1.54, 1.807) is 0 Å². The highest BCUT2D eigenvalue weighted by molar-refractivity contribution is 5.75. The summed E-state index contributed by atoms with van der Waals surface area (Å²) in [5.41, 5.74) is -0.826. The maximum Gasteiger partial charge on any atom is 0.313 e. The maximum atomic E-state index is 12.2. The molecule has 2 aliphatic heterocycles. The van der Waals surface area contributed by atoms with Gasteiger partial charge < -0.3 is 14.2 Å². The molecule has 2 saturated heterocycles. The van der Waals surface area contributed by atoms with Crippen LogP contribution in [0.5, 0.6) is 0 Å². The lowest BCUT2D eigenvalue weighted by Gasteiger charge is -2.45. The Labute approximate surface area is 138 Å². The van der Waals surface area contributed by atoms with Crippen molar-refractivity contribution >= 4 is 11.9 Å². The summed E-state index contributed by atoms with van der Waals surface area (Å²) >= 11 is 0. The summed E-state index contributed by atoms with van der Waals surface area (Å²) in [6.45, 7) is 5.84. The van der Waals surface area contributed by atoms with Crippen LogP contribution in [-0.2, 0) is 23.8 Å². The molecule has 0 radical (unpaired) electrons. The number of ether oxygens (including phenoxy) is 3. The maximum absolute atomic E-state index is 12.2. The van der Waals surface area contributed by atoms with E-state index < -0.39 is 5.41 Å². The van der Waals surface area contributed by atoms with Crippen molar-refractivity contribution in [1.82, 2.24) is 0 Å². The van der Waals surface area contributed by atoms with Crippen molar-refractivity contribution in [1.29, 1.82) is 0 Å². The second-order valence-corrected chi connectivity index (χ2v) is 8.22. The van der Waals surface area contributed by atoms with E-state index in [1.165, 1.54) is 0 Å². The van der Waals surface area contributed by atoms with Gasteiger partial charge in [-0.3, -0.25) is 9.59 Å². The Bertz CT molecular complexity index is 486. The fraction of sp³-hybridized carbons (Fsp3) is 0.889. The van der Waals surface area contributed by atoms with E-state index in [2.05, 4.69) is 6.92 Å².